The van der Waals surface area contributed by atoms with Crippen LogP contribution in [0.5, 0.6) is 5.75 Å². The van der Waals surface area contributed by atoms with E-state index in [1.807, 2.05) is 0 Å². The van der Waals surface area contributed by atoms with Crippen LogP contribution >= 0.6 is 0 Å². The van der Waals surface area contributed by atoms with Crippen molar-refractivity contribution in [2.45, 2.75) is 13.3 Å². The van der Waals surface area contributed by atoms with E-state index in [1.165, 1.54) is 19.1 Å². The van der Waals surface area contributed by atoms with E-state index in [-0.39, 0.29) is 37.0 Å². The number of carbonyl (C=O) groups excluding carboxylic acids is 2. The molecule has 1 amide bonds. The monoisotopic (exact) mass is 239 g/mol. The van der Waals surface area contributed by atoms with Gasteiger partial charge in [-0.15, -0.1) is 0 Å². The van der Waals surface area contributed by atoms with E-state index in [4.69, 9.17) is 4.74 Å². The van der Waals surface area contributed by atoms with Crippen molar-refractivity contribution in [3.8, 4) is 5.75 Å². The lowest BCUT2D eigenvalue weighted by Crippen LogP contribution is -2.29. The van der Waals surface area contributed by atoms with Crippen molar-refractivity contribution in [1.82, 2.24) is 5.32 Å². The number of rotatable bonds is 6. The summed E-state index contributed by atoms with van der Waals surface area (Å²) in [6.45, 7) is 1.74. The minimum atomic E-state index is -0.442. The number of Topliss-reactive ketones (excluding diaryl/α,β-unsaturated/α-hetero) is 1. The van der Waals surface area contributed by atoms with Crippen LogP contribution in [-0.4, -0.2) is 24.8 Å². The van der Waals surface area contributed by atoms with Gasteiger partial charge >= 0.3 is 0 Å². The van der Waals surface area contributed by atoms with Gasteiger partial charge in [0.15, 0.2) is 11.6 Å². The van der Waals surface area contributed by atoms with Gasteiger partial charge in [-0.25, -0.2) is 4.39 Å². The fraction of sp³-hybridized carbons (Fsp3) is 0.333. The molecule has 0 aromatic heterocycles. The van der Waals surface area contributed by atoms with Crippen molar-refractivity contribution in [3.63, 3.8) is 0 Å². The number of ketones is 1. The fourth-order valence-electron chi connectivity index (χ4n) is 1.20. The van der Waals surface area contributed by atoms with Crippen molar-refractivity contribution >= 4 is 11.7 Å². The zero-order chi connectivity index (χ0) is 12.7. The Morgan fingerprint density at radius 1 is 1.35 bits per heavy atom. The molecule has 1 aromatic carbocycles. The topological polar surface area (TPSA) is 55.4 Å². The van der Waals surface area contributed by atoms with Gasteiger partial charge in [0.05, 0.1) is 13.0 Å². The van der Waals surface area contributed by atoms with E-state index in [0.29, 0.717) is 0 Å². The number of ether oxygens (including phenoxy) is 1. The second-order valence-electron chi connectivity index (χ2n) is 3.51. The van der Waals surface area contributed by atoms with E-state index < -0.39 is 5.82 Å². The third-order valence-corrected chi connectivity index (χ3v) is 1.93. The molecule has 1 N–H and O–H groups in total. The highest BCUT2D eigenvalue weighted by Gasteiger charge is 2.04. The second kappa shape index (κ2) is 6.62. The van der Waals surface area contributed by atoms with Gasteiger partial charge in [0.1, 0.15) is 12.4 Å². The second-order valence-corrected chi connectivity index (χ2v) is 3.51. The molecule has 17 heavy (non-hydrogen) atoms. The molecule has 0 fully saturated rings. The molecule has 0 spiro atoms. The van der Waals surface area contributed by atoms with Gasteiger partial charge in [-0.05, 0) is 19.1 Å². The predicted octanol–water partition coefficient (Wildman–Crippen LogP) is 1.30. The van der Waals surface area contributed by atoms with E-state index in [0.717, 1.165) is 0 Å². The maximum absolute atomic E-state index is 13.1. The third-order valence-electron chi connectivity index (χ3n) is 1.93. The molecule has 0 bridgehead atoms. The molecule has 0 radical (unpaired) electrons. The van der Waals surface area contributed by atoms with Crippen LogP contribution in [0.2, 0.25) is 0 Å². The highest BCUT2D eigenvalue weighted by Crippen LogP contribution is 2.14. The first-order chi connectivity index (χ1) is 8.09. The minimum absolute atomic E-state index is 0.139. The summed E-state index contributed by atoms with van der Waals surface area (Å²) in [5, 5.41) is 2.50. The Hall–Kier alpha value is -1.91. The first-order valence-corrected chi connectivity index (χ1v) is 5.23. The number of amides is 1. The van der Waals surface area contributed by atoms with Crippen LogP contribution in [0.1, 0.15) is 13.3 Å². The number of para-hydroxylation sites is 1. The van der Waals surface area contributed by atoms with Gasteiger partial charge < -0.3 is 10.1 Å². The Bertz CT molecular complexity index is 406. The van der Waals surface area contributed by atoms with Crippen LogP contribution in [0.15, 0.2) is 24.3 Å². The lowest BCUT2D eigenvalue weighted by atomic mass is 10.3. The van der Waals surface area contributed by atoms with E-state index in [1.54, 1.807) is 12.1 Å². The van der Waals surface area contributed by atoms with Gasteiger partial charge in [0.2, 0.25) is 5.91 Å². The fourth-order valence-corrected chi connectivity index (χ4v) is 1.20. The van der Waals surface area contributed by atoms with Crippen LogP contribution in [0, 0.1) is 5.82 Å². The van der Waals surface area contributed by atoms with Gasteiger partial charge in [-0.3, -0.25) is 9.59 Å². The normalized spacial score (nSPS) is 9.76. The Balaban J connectivity index is 2.23. The average Bonchev–Trinajstić information content (AvgIpc) is 2.25. The van der Waals surface area contributed by atoms with Gasteiger partial charge in [0, 0.05) is 0 Å². The highest BCUT2D eigenvalue weighted by atomic mass is 19.1. The van der Waals surface area contributed by atoms with Crippen molar-refractivity contribution in [2.24, 2.45) is 0 Å². The number of hydrogen-bond acceptors (Lipinski definition) is 3. The summed E-state index contributed by atoms with van der Waals surface area (Å²) >= 11 is 0. The maximum Gasteiger partial charge on any atom is 0.227 e. The Morgan fingerprint density at radius 2 is 2.06 bits per heavy atom. The van der Waals surface area contributed by atoms with Gasteiger partial charge in [0.25, 0.3) is 0 Å². The molecule has 5 heteroatoms. The molecule has 1 rings (SSSR count). The number of hydrogen-bond donors (Lipinski definition) is 1. The Morgan fingerprint density at radius 3 is 2.71 bits per heavy atom. The van der Waals surface area contributed by atoms with Crippen LogP contribution < -0.4 is 10.1 Å². The molecular formula is C12H14FNO3. The summed E-state index contributed by atoms with van der Waals surface area (Å²) in [5.41, 5.74) is 0. The predicted molar refractivity (Wildman–Crippen MR) is 60.2 cm³/mol. The first kappa shape index (κ1) is 13.2. The molecule has 0 saturated carbocycles. The van der Waals surface area contributed by atoms with Crippen molar-refractivity contribution in [1.29, 1.82) is 0 Å². The molecule has 0 unspecified atom stereocenters. The van der Waals surface area contributed by atoms with Crippen LogP contribution in [0.3, 0.4) is 0 Å². The summed E-state index contributed by atoms with van der Waals surface area (Å²) < 4.78 is 18.2. The van der Waals surface area contributed by atoms with Gasteiger partial charge in [-0.1, -0.05) is 12.1 Å². The molecule has 0 aliphatic rings. The number of nitrogens with one attached hydrogen (secondary N) is 1. The Labute approximate surface area is 98.8 Å². The summed E-state index contributed by atoms with van der Waals surface area (Å²) in [4.78, 5) is 21.7. The molecule has 0 saturated heterocycles. The Kier molecular flexibility index (Phi) is 5.13. The van der Waals surface area contributed by atoms with Crippen LogP contribution in [0.4, 0.5) is 4.39 Å². The van der Waals surface area contributed by atoms with Crippen molar-refractivity contribution < 1.29 is 18.7 Å². The number of halogens is 1. The largest absolute Gasteiger partial charge is 0.489 e. The molecule has 0 heterocycles. The van der Waals surface area contributed by atoms with Crippen LogP contribution in [0.25, 0.3) is 0 Å². The SMILES string of the molecule is CC(=O)CC(=O)NCCOc1ccccc1F. The lowest BCUT2D eigenvalue weighted by molar-refractivity contribution is -0.127. The van der Waals surface area contributed by atoms with Crippen molar-refractivity contribution in [3.05, 3.63) is 30.1 Å². The maximum atomic E-state index is 13.1. The van der Waals surface area contributed by atoms with E-state index in [9.17, 15) is 14.0 Å². The molecule has 4 nitrogen and oxygen atoms in total. The number of benzene rings is 1. The number of carbonyl (C=O) groups is 2. The molecular weight excluding hydrogens is 225 g/mol. The quantitative estimate of drug-likeness (QED) is 0.601. The standard InChI is InChI=1S/C12H14FNO3/c1-9(15)8-12(16)14-6-7-17-11-5-3-2-4-10(11)13/h2-5H,6-8H2,1H3,(H,14,16). The third kappa shape index (κ3) is 5.10. The average molecular weight is 239 g/mol. The summed E-state index contributed by atoms with van der Waals surface area (Å²) in [6.07, 6.45) is -0.139. The summed E-state index contributed by atoms with van der Waals surface area (Å²) in [7, 11) is 0. The highest BCUT2D eigenvalue weighted by molar-refractivity contribution is 5.96. The molecule has 92 valence electrons. The van der Waals surface area contributed by atoms with Gasteiger partial charge in [-0.2, -0.15) is 0 Å². The summed E-state index contributed by atoms with van der Waals surface area (Å²) in [5.74, 6) is -0.844. The molecule has 0 aliphatic carbocycles. The molecule has 1 aromatic rings. The lowest BCUT2D eigenvalue weighted by Gasteiger charge is -2.07. The molecule has 0 atom stereocenters. The zero-order valence-corrected chi connectivity index (χ0v) is 9.53. The van der Waals surface area contributed by atoms with E-state index in [2.05, 4.69) is 5.32 Å². The van der Waals surface area contributed by atoms with Crippen LogP contribution in [-0.2, 0) is 9.59 Å². The first-order valence-electron chi connectivity index (χ1n) is 5.23. The van der Waals surface area contributed by atoms with Crippen molar-refractivity contribution in [2.75, 3.05) is 13.2 Å². The van der Waals surface area contributed by atoms with E-state index >= 15 is 0 Å². The zero-order valence-electron chi connectivity index (χ0n) is 9.53. The molecule has 0 aliphatic heterocycles. The summed E-state index contributed by atoms with van der Waals surface area (Å²) in [6, 6.07) is 6.03. The smallest absolute Gasteiger partial charge is 0.227 e. The minimum Gasteiger partial charge on any atom is -0.489 e.